The SMILES string of the molecule is O[C@@H]1CN(CCOc2cccc3ccccc23)C[C@H]1n1ccnn1. The number of ether oxygens (including phenoxy) is 1. The predicted octanol–water partition coefficient (Wildman–Crippen LogP) is 1.73. The fourth-order valence-corrected chi connectivity index (χ4v) is 3.29. The Balaban J connectivity index is 1.36. The molecule has 124 valence electrons. The van der Waals surface area contributed by atoms with E-state index in [0.29, 0.717) is 13.2 Å². The molecule has 0 radical (unpaired) electrons. The average Bonchev–Trinajstić information content (AvgIpc) is 3.24. The highest BCUT2D eigenvalue weighted by Gasteiger charge is 2.32. The van der Waals surface area contributed by atoms with Gasteiger partial charge in [0.15, 0.2) is 0 Å². The number of β-amino-alcohol motifs (C(OH)–C–C–N with tert-alkyl or cyclic N) is 1. The van der Waals surface area contributed by atoms with Crippen LogP contribution in [0.25, 0.3) is 10.8 Å². The van der Waals surface area contributed by atoms with Crippen molar-refractivity contribution >= 4 is 10.8 Å². The highest BCUT2D eigenvalue weighted by molar-refractivity contribution is 5.88. The lowest BCUT2D eigenvalue weighted by Crippen LogP contribution is -2.27. The van der Waals surface area contributed by atoms with E-state index in [-0.39, 0.29) is 6.04 Å². The summed E-state index contributed by atoms with van der Waals surface area (Å²) in [6.45, 7) is 2.74. The van der Waals surface area contributed by atoms with E-state index in [1.165, 1.54) is 5.39 Å². The third-order valence-corrected chi connectivity index (χ3v) is 4.53. The molecular weight excluding hydrogens is 304 g/mol. The summed E-state index contributed by atoms with van der Waals surface area (Å²) in [7, 11) is 0. The summed E-state index contributed by atoms with van der Waals surface area (Å²) in [4.78, 5) is 2.20. The van der Waals surface area contributed by atoms with Gasteiger partial charge in [0.2, 0.25) is 0 Å². The molecule has 1 N–H and O–H groups in total. The monoisotopic (exact) mass is 324 g/mol. The molecule has 6 heteroatoms. The standard InChI is InChI=1S/C18H20N4O2/c23-17-13-21(12-16(17)22-9-8-19-20-22)10-11-24-18-7-3-5-14-4-1-2-6-15(14)18/h1-9,16-17,23H,10-13H2/t16-,17-/m1/s1. The van der Waals surface area contributed by atoms with Crippen LogP contribution in [0.2, 0.25) is 0 Å². The maximum Gasteiger partial charge on any atom is 0.127 e. The van der Waals surface area contributed by atoms with E-state index >= 15 is 0 Å². The number of aliphatic hydroxyl groups excluding tert-OH is 1. The number of hydrogen-bond acceptors (Lipinski definition) is 5. The van der Waals surface area contributed by atoms with E-state index in [2.05, 4.69) is 33.4 Å². The van der Waals surface area contributed by atoms with E-state index in [4.69, 9.17) is 4.74 Å². The van der Waals surface area contributed by atoms with Crippen LogP contribution >= 0.6 is 0 Å². The third kappa shape index (κ3) is 2.98. The van der Waals surface area contributed by atoms with Crippen LogP contribution in [-0.2, 0) is 0 Å². The molecule has 0 spiro atoms. The van der Waals surface area contributed by atoms with E-state index in [0.717, 1.165) is 24.2 Å². The maximum atomic E-state index is 10.2. The van der Waals surface area contributed by atoms with Gasteiger partial charge in [-0.3, -0.25) is 4.90 Å². The van der Waals surface area contributed by atoms with E-state index in [1.807, 2.05) is 24.3 Å². The van der Waals surface area contributed by atoms with Crippen molar-refractivity contribution in [3.8, 4) is 5.75 Å². The van der Waals surface area contributed by atoms with Crippen molar-refractivity contribution in [2.24, 2.45) is 0 Å². The van der Waals surface area contributed by atoms with Crippen LogP contribution in [0, 0.1) is 0 Å². The zero-order chi connectivity index (χ0) is 16.4. The summed E-state index contributed by atoms with van der Waals surface area (Å²) >= 11 is 0. The second-order valence-corrected chi connectivity index (χ2v) is 6.10. The summed E-state index contributed by atoms with van der Waals surface area (Å²) in [6, 6.07) is 14.3. The van der Waals surface area contributed by atoms with E-state index < -0.39 is 6.10 Å². The molecule has 4 rings (SSSR count). The lowest BCUT2D eigenvalue weighted by molar-refractivity contribution is 0.136. The van der Waals surface area contributed by atoms with Gasteiger partial charge < -0.3 is 9.84 Å². The van der Waals surface area contributed by atoms with Crippen molar-refractivity contribution < 1.29 is 9.84 Å². The Morgan fingerprint density at radius 1 is 1.12 bits per heavy atom. The van der Waals surface area contributed by atoms with E-state index in [9.17, 15) is 5.11 Å². The number of likely N-dealkylation sites (tertiary alicyclic amines) is 1. The molecule has 3 aromatic rings. The van der Waals surface area contributed by atoms with Gasteiger partial charge in [0.25, 0.3) is 0 Å². The number of hydrogen-bond donors (Lipinski definition) is 1. The Morgan fingerprint density at radius 3 is 2.88 bits per heavy atom. The van der Waals surface area contributed by atoms with Crippen molar-refractivity contribution in [3.63, 3.8) is 0 Å². The average molecular weight is 324 g/mol. The van der Waals surface area contributed by atoms with Gasteiger partial charge in [-0.15, -0.1) is 5.10 Å². The second-order valence-electron chi connectivity index (χ2n) is 6.10. The van der Waals surface area contributed by atoms with Gasteiger partial charge in [-0.25, -0.2) is 4.68 Å². The normalized spacial score (nSPS) is 21.4. The molecule has 6 nitrogen and oxygen atoms in total. The minimum atomic E-state index is -0.427. The van der Waals surface area contributed by atoms with Gasteiger partial charge in [-0.05, 0) is 11.5 Å². The largest absolute Gasteiger partial charge is 0.492 e. The highest BCUT2D eigenvalue weighted by Crippen LogP contribution is 2.25. The molecular formula is C18H20N4O2. The third-order valence-electron chi connectivity index (χ3n) is 4.53. The first-order valence-electron chi connectivity index (χ1n) is 8.18. The highest BCUT2D eigenvalue weighted by atomic mass is 16.5. The minimum Gasteiger partial charge on any atom is -0.492 e. The van der Waals surface area contributed by atoms with Crippen LogP contribution in [0.15, 0.2) is 54.9 Å². The summed E-state index contributed by atoms with van der Waals surface area (Å²) in [5.74, 6) is 0.903. The van der Waals surface area contributed by atoms with Crippen LogP contribution in [-0.4, -0.2) is 57.3 Å². The number of benzene rings is 2. The minimum absolute atomic E-state index is 0.0370. The molecule has 2 atom stereocenters. The number of fused-ring (bicyclic) bond motifs is 1. The van der Waals surface area contributed by atoms with Gasteiger partial charge in [0.05, 0.1) is 18.3 Å². The zero-order valence-corrected chi connectivity index (χ0v) is 13.3. The molecule has 0 saturated carbocycles. The fraction of sp³-hybridized carbons (Fsp3) is 0.333. The van der Waals surface area contributed by atoms with Crippen LogP contribution in [0.1, 0.15) is 6.04 Å². The number of aromatic nitrogens is 3. The molecule has 0 amide bonds. The Morgan fingerprint density at radius 2 is 2.00 bits per heavy atom. The van der Waals surface area contributed by atoms with Crippen molar-refractivity contribution in [2.45, 2.75) is 12.1 Å². The molecule has 0 unspecified atom stereocenters. The second kappa shape index (κ2) is 6.59. The Kier molecular flexibility index (Phi) is 4.15. The topological polar surface area (TPSA) is 63.4 Å². The van der Waals surface area contributed by atoms with Gasteiger partial charge in [-0.2, -0.15) is 0 Å². The molecule has 1 saturated heterocycles. The number of rotatable bonds is 5. The molecule has 1 aromatic heterocycles. The Hall–Kier alpha value is -2.44. The fourth-order valence-electron chi connectivity index (χ4n) is 3.29. The van der Waals surface area contributed by atoms with Crippen molar-refractivity contribution in [3.05, 3.63) is 54.9 Å². The van der Waals surface area contributed by atoms with Crippen LogP contribution in [0.3, 0.4) is 0 Å². The van der Waals surface area contributed by atoms with E-state index in [1.54, 1.807) is 17.1 Å². The lowest BCUT2D eigenvalue weighted by Gasteiger charge is -2.16. The van der Waals surface area contributed by atoms with Crippen LogP contribution in [0.5, 0.6) is 5.75 Å². The first kappa shape index (κ1) is 15.1. The van der Waals surface area contributed by atoms with Crippen LogP contribution in [0.4, 0.5) is 0 Å². The Bertz CT molecular complexity index is 800. The smallest absolute Gasteiger partial charge is 0.127 e. The molecule has 2 aromatic carbocycles. The maximum absolute atomic E-state index is 10.2. The molecule has 1 aliphatic heterocycles. The number of aliphatic hydroxyl groups is 1. The Labute approximate surface area is 140 Å². The summed E-state index contributed by atoms with van der Waals surface area (Å²) in [6.07, 6.45) is 3.01. The molecule has 2 heterocycles. The molecule has 1 fully saturated rings. The molecule has 0 aliphatic carbocycles. The molecule has 0 bridgehead atoms. The van der Waals surface area contributed by atoms with Gasteiger partial charge in [0.1, 0.15) is 12.4 Å². The predicted molar refractivity (Wildman–Crippen MR) is 90.9 cm³/mol. The van der Waals surface area contributed by atoms with Crippen molar-refractivity contribution in [2.75, 3.05) is 26.2 Å². The lowest BCUT2D eigenvalue weighted by atomic mass is 10.1. The molecule has 1 aliphatic rings. The van der Waals surface area contributed by atoms with Gasteiger partial charge in [-0.1, -0.05) is 41.6 Å². The van der Waals surface area contributed by atoms with Crippen LogP contribution < -0.4 is 4.74 Å². The molecule has 24 heavy (non-hydrogen) atoms. The van der Waals surface area contributed by atoms with Gasteiger partial charge >= 0.3 is 0 Å². The zero-order valence-electron chi connectivity index (χ0n) is 13.3. The van der Waals surface area contributed by atoms with Gasteiger partial charge in [0, 0.05) is 31.2 Å². The quantitative estimate of drug-likeness (QED) is 0.774. The summed E-state index contributed by atoms with van der Waals surface area (Å²) in [5, 5.41) is 20.3. The van der Waals surface area contributed by atoms with Crippen molar-refractivity contribution in [1.29, 1.82) is 0 Å². The summed E-state index contributed by atoms with van der Waals surface area (Å²) < 4.78 is 7.72. The van der Waals surface area contributed by atoms with Crippen molar-refractivity contribution in [1.82, 2.24) is 19.9 Å². The first-order chi connectivity index (χ1) is 11.8. The number of nitrogens with zero attached hydrogens (tertiary/aromatic N) is 4. The summed E-state index contributed by atoms with van der Waals surface area (Å²) in [5.41, 5.74) is 0. The first-order valence-corrected chi connectivity index (χ1v) is 8.18.